The van der Waals surface area contributed by atoms with Gasteiger partial charge in [0.05, 0.1) is 0 Å². The number of nitrogen functional groups attached to an aromatic ring is 1. The third-order valence-corrected chi connectivity index (χ3v) is 2.64. The Balaban J connectivity index is 2.85. The average Bonchev–Trinajstić information content (AvgIpc) is 2.28. The lowest BCUT2D eigenvalue weighted by Crippen LogP contribution is -2.32. The molecule has 0 aliphatic rings. The van der Waals surface area contributed by atoms with Gasteiger partial charge in [-0.2, -0.15) is 0 Å². The molecule has 0 saturated carbocycles. The highest BCUT2D eigenvalue weighted by molar-refractivity contribution is 6.31. The van der Waals surface area contributed by atoms with Crippen LogP contribution in [0.15, 0.2) is 18.2 Å². The zero-order valence-electron chi connectivity index (χ0n) is 9.82. The fraction of sp³-hybridized carbons (Fsp3) is 0.417. The molecule has 0 saturated heterocycles. The summed E-state index contributed by atoms with van der Waals surface area (Å²) >= 11 is 5.86. The minimum absolute atomic E-state index is 0.0709. The molecule has 0 aromatic heterocycles. The molecular weight excluding hydrogens is 240 g/mol. The molecule has 0 unspecified atom stereocenters. The second-order valence-corrected chi connectivity index (χ2v) is 4.17. The van der Waals surface area contributed by atoms with Gasteiger partial charge in [-0.15, -0.1) is 0 Å². The normalized spacial score (nSPS) is 10.3. The van der Waals surface area contributed by atoms with Crippen LogP contribution in [-0.4, -0.2) is 35.6 Å². The maximum absolute atomic E-state index is 12.1. The van der Waals surface area contributed by atoms with Crippen LogP contribution in [0.2, 0.25) is 5.02 Å². The van der Waals surface area contributed by atoms with E-state index in [2.05, 4.69) is 0 Å². The SMILES string of the molecule is CCN(CCCO)C(=O)c1cc(N)cc(Cl)c1. The predicted octanol–water partition coefficient (Wildman–Crippen LogP) is 1.77. The van der Waals surface area contributed by atoms with Crippen LogP contribution in [-0.2, 0) is 0 Å². The monoisotopic (exact) mass is 256 g/mol. The molecule has 17 heavy (non-hydrogen) atoms. The summed E-state index contributed by atoms with van der Waals surface area (Å²) in [5.41, 5.74) is 6.60. The van der Waals surface area contributed by atoms with Gasteiger partial charge in [0, 0.05) is 36.0 Å². The Morgan fingerprint density at radius 2 is 2.18 bits per heavy atom. The molecular formula is C12H17ClN2O2. The van der Waals surface area contributed by atoms with Crippen molar-refractivity contribution in [2.45, 2.75) is 13.3 Å². The molecule has 0 radical (unpaired) electrons. The molecule has 1 aromatic carbocycles. The van der Waals surface area contributed by atoms with Gasteiger partial charge < -0.3 is 15.7 Å². The van der Waals surface area contributed by atoms with Crippen molar-refractivity contribution in [2.24, 2.45) is 0 Å². The lowest BCUT2D eigenvalue weighted by molar-refractivity contribution is 0.0754. The smallest absolute Gasteiger partial charge is 0.253 e. The third kappa shape index (κ3) is 3.91. The Morgan fingerprint density at radius 1 is 1.47 bits per heavy atom. The van der Waals surface area contributed by atoms with Crippen molar-refractivity contribution in [1.29, 1.82) is 0 Å². The predicted molar refractivity (Wildman–Crippen MR) is 69.1 cm³/mol. The van der Waals surface area contributed by atoms with Crippen molar-refractivity contribution in [3.63, 3.8) is 0 Å². The fourth-order valence-corrected chi connectivity index (χ4v) is 1.83. The minimum atomic E-state index is -0.116. The van der Waals surface area contributed by atoms with E-state index < -0.39 is 0 Å². The lowest BCUT2D eigenvalue weighted by atomic mass is 10.1. The first kappa shape index (κ1) is 13.8. The number of aliphatic hydroxyl groups is 1. The number of benzene rings is 1. The maximum Gasteiger partial charge on any atom is 0.253 e. The van der Waals surface area contributed by atoms with E-state index in [0.29, 0.717) is 35.8 Å². The molecule has 0 aliphatic heterocycles. The molecule has 1 amide bonds. The van der Waals surface area contributed by atoms with Gasteiger partial charge in [0.25, 0.3) is 5.91 Å². The number of nitrogens with zero attached hydrogens (tertiary/aromatic N) is 1. The Labute approximate surface area is 106 Å². The highest BCUT2D eigenvalue weighted by atomic mass is 35.5. The molecule has 0 bridgehead atoms. The number of halogens is 1. The fourth-order valence-electron chi connectivity index (χ4n) is 1.58. The third-order valence-electron chi connectivity index (χ3n) is 2.42. The molecule has 94 valence electrons. The van der Waals surface area contributed by atoms with Crippen molar-refractivity contribution in [1.82, 2.24) is 4.90 Å². The van der Waals surface area contributed by atoms with Crippen molar-refractivity contribution in [2.75, 3.05) is 25.4 Å². The van der Waals surface area contributed by atoms with Gasteiger partial charge >= 0.3 is 0 Å². The zero-order valence-corrected chi connectivity index (χ0v) is 10.6. The highest BCUT2D eigenvalue weighted by Crippen LogP contribution is 2.18. The van der Waals surface area contributed by atoms with Crippen LogP contribution >= 0.6 is 11.6 Å². The molecule has 3 N–H and O–H groups in total. The first-order valence-corrected chi connectivity index (χ1v) is 5.92. The summed E-state index contributed by atoms with van der Waals surface area (Å²) in [4.78, 5) is 13.8. The van der Waals surface area contributed by atoms with Crippen molar-refractivity contribution < 1.29 is 9.90 Å². The van der Waals surface area contributed by atoms with E-state index in [1.165, 1.54) is 0 Å². The lowest BCUT2D eigenvalue weighted by Gasteiger charge is -2.20. The van der Waals surface area contributed by atoms with Gasteiger partial charge in [-0.3, -0.25) is 4.79 Å². The number of aliphatic hydroxyl groups excluding tert-OH is 1. The van der Waals surface area contributed by atoms with Crippen molar-refractivity contribution in [3.8, 4) is 0 Å². The molecule has 0 heterocycles. The largest absolute Gasteiger partial charge is 0.399 e. The van der Waals surface area contributed by atoms with E-state index in [9.17, 15) is 4.79 Å². The topological polar surface area (TPSA) is 66.6 Å². The van der Waals surface area contributed by atoms with Gasteiger partial charge in [0.1, 0.15) is 0 Å². The van der Waals surface area contributed by atoms with E-state index in [0.717, 1.165) is 0 Å². The summed E-state index contributed by atoms with van der Waals surface area (Å²) in [6.45, 7) is 3.08. The van der Waals surface area contributed by atoms with Crippen LogP contribution < -0.4 is 5.73 Å². The summed E-state index contributed by atoms with van der Waals surface area (Å²) in [5, 5.41) is 9.22. The van der Waals surface area contributed by atoms with E-state index in [1.807, 2.05) is 6.92 Å². The molecule has 5 heteroatoms. The molecule has 0 fully saturated rings. The Kier molecular flexibility index (Phi) is 5.25. The number of carbonyl (C=O) groups is 1. The van der Waals surface area contributed by atoms with Crippen LogP contribution in [0.4, 0.5) is 5.69 Å². The quantitative estimate of drug-likeness (QED) is 0.789. The number of anilines is 1. The van der Waals surface area contributed by atoms with Crippen LogP contribution in [0.25, 0.3) is 0 Å². The van der Waals surface area contributed by atoms with Crippen LogP contribution in [0, 0.1) is 0 Å². The first-order valence-electron chi connectivity index (χ1n) is 5.54. The van der Waals surface area contributed by atoms with Gasteiger partial charge in [-0.1, -0.05) is 11.6 Å². The summed E-state index contributed by atoms with van der Waals surface area (Å²) in [6, 6.07) is 4.81. The summed E-state index contributed by atoms with van der Waals surface area (Å²) in [6.07, 6.45) is 0.565. The molecule has 0 atom stereocenters. The van der Waals surface area contributed by atoms with E-state index in [-0.39, 0.29) is 12.5 Å². The van der Waals surface area contributed by atoms with Crippen molar-refractivity contribution in [3.05, 3.63) is 28.8 Å². The second kappa shape index (κ2) is 6.47. The second-order valence-electron chi connectivity index (χ2n) is 3.74. The molecule has 4 nitrogen and oxygen atoms in total. The van der Waals surface area contributed by atoms with Gasteiger partial charge in [-0.25, -0.2) is 0 Å². The minimum Gasteiger partial charge on any atom is -0.399 e. The molecule has 0 spiro atoms. The molecule has 1 rings (SSSR count). The standard InChI is InChI=1S/C12H17ClN2O2/c1-2-15(4-3-5-16)12(17)9-6-10(13)8-11(14)7-9/h6-8,16H,2-5,14H2,1H3. The summed E-state index contributed by atoms with van der Waals surface area (Å²) in [5.74, 6) is -0.116. The Bertz CT molecular complexity index is 376. The number of hydrogen-bond acceptors (Lipinski definition) is 3. The number of rotatable bonds is 5. The number of carbonyl (C=O) groups excluding carboxylic acids is 1. The zero-order chi connectivity index (χ0) is 12.8. The maximum atomic E-state index is 12.1. The van der Waals surface area contributed by atoms with E-state index >= 15 is 0 Å². The van der Waals surface area contributed by atoms with Gasteiger partial charge in [-0.05, 0) is 31.5 Å². The van der Waals surface area contributed by atoms with Crippen LogP contribution in [0.3, 0.4) is 0 Å². The van der Waals surface area contributed by atoms with Gasteiger partial charge in [0.2, 0.25) is 0 Å². The Morgan fingerprint density at radius 3 is 2.71 bits per heavy atom. The highest BCUT2D eigenvalue weighted by Gasteiger charge is 2.14. The average molecular weight is 257 g/mol. The van der Waals surface area contributed by atoms with E-state index in [4.69, 9.17) is 22.4 Å². The first-order chi connectivity index (χ1) is 8.08. The Hall–Kier alpha value is -1.26. The number of amides is 1. The van der Waals surface area contributed by atoms with E-state index in [1.54, 1.807) is 23.1 Å². The molecule has 0 aliphatic carbocycles. The van der Waals surface area contributed by atoms with Crippen LogP contribution in [0.1, 0.15) is 23.7 Å². The summed E-state index contributed by atoms with van der Waals surface area (Å²) in [7, 11) is 0. The number of nitrogens with two attached hydrogens (primary N) is 1. The van der Waals surface area contributed by atoms with Crippen molar-refractivity contribution >= 4 is 23.2 Å². The van der Waals surface area contributed by atoms with Crippen LogP contribution in [0.5, 0.6) is 0 Å². The molecule has 1 aromatic rings. The number of hydrogen-bond donors (Lipinski definition) is 2. The summed E-state index contributed by atoms with van der Waals surface area (Å²) < 4.78 is 0. The van der Waals surface area contributed by atoms with Gasteiger partial charge in [0.15, 0.2) is 0 Å².